The van der Waals surface area contributed by atoms with E-state index in [1.807, 2.05) is 37.3 Å². The van der Waals surface area contributed by atoms with Gasteiger partial charge in [-0.1, -0.05) is 74.9 Å². The van der Waals surface area contributed by atoms with Crippen LogP contribution in [0.25, 0.3) is 6.08 Å². The van der Waals surface area contributed by atoms with E-state index in [-0.39, 0.29) is 17.9 Å². The lowest BCUT2D eigenvalue weighted by molar-refractivity contribution is -0.139. The molecule has 0 unspecified atom stereocenters. The number of nitrogens with zero attached hydrogens (tertiary/aromatic N) is 2. The van der Waals surface area contributed by atoms with Gasteiger partial charge in [0.15, 0.2) is 4.80 Å². The Hall–Kier alpha value is -3.45. The summed E-state index contributed by atoms with van der Waals surface area (Å²) < 4.78 is 7.53. The molecule has 0 bridgehead atoms. The Labute approximate surface area is 208 Å². The summed E-state index contributed by atoms with van der Waals surface area (Å²) in [6, 6.07) is 14.2. The van der Waals surface area contributed by atoms with Crippen LogP contribution in [-0.2, 0) is 9.53 Å². The van der Waals surface area contributed by atoms with Gasteiger partial charge in [0.1, 0.15) is 5.75 Å². The quantitative estimate of drug-likeness (QED) is 0.498. The molecule has 0 fully saturated rings. The van der Waals surface area contributed by atoms with Crippen molar-refractivity contribution in [3.63, 3.8) is 0 Å². The lowest BCUT2D eigenvalue weighted by atomic mass is 9.92. The van der Waals surface area contributed by atoms with Crippen LogP contribution in [0.5, 0.6) is 5.75 Å². The van der Waals surface area contributed by atoms with Crippen LogP contribution in [0.3, 0.4) is 0 Å². The molecule has 1 N–H and O–H groups in total. The number of hydrogen-bond donors (Lipinski definition) is 1. The lowest BCUT2D eigenvalue weighted by Crippen LogP contribution is -2.40. The molecule has 1 aromatic heterocycles. The highest BCUT2D eigenvalue weighted by Crippen LogP contribution is 2.33. The van der Waals surface area contributed by atoms with Crippen LogP contribution < -0.4 is 14.9 Å². The Morgan fingerprint density at radius 2 is 1.94 bits per heavy atom. The van der Waals surface area contributed by atoms with Crippen molar-refractivity contribution in [1.82, 2.24) is 4.57 Å². The number of phenols is 1. The van der Waals surface area contributed by atoms with Gasteiger partial charge in [0, 0.05) is 0 Å². The third kappa shape index (κ3) is 5.00. The summed E-state index contributed by atoms with van der Waals surface area (Å²) in [6.45, 7) is 8.30. The highest BCUT2D eigenvalue weighted by molar-refractivity contribution is 7.07. The maximum atomic E-state index is 13.7. The summed E-state index contributed by atoms with van der Waals surface area (Å²) in [4.78, 5) is 32.2. The molecule has 6 nitrogen and oxygen atoms in total. The third-order valence-electron chi connectivity index (χ3n) is 5.98. The Bertz CT molecular complexity index is 1450. The largest absolute Gasteiger partial charge is 0.508 e. The van der Waals surface area contributed by atoms with Crippen molar-refractivity contribution in [3.8, 4) is 5.75 Å². The molecular weight excluding hydrogens is 460 g/mol. The van der Waals surface area contributed by atoms with Gasteiger partial charge in [0.25, 0.3) is 5.56 Å². The Balaban J connectivity index is 1.98. The van der Waals surface area contributed by atoms with Gasteiger partial charge in [-0.2, -0.15) is 0 Å². The second kappa shape index (κ2) is 10.4. The van der Waals surface area contributed by atoms with Gasteiger partial charge in [-0.15, -0.1) is 0 Å². The fourth-order valence-electron chi connectivity index (χ4n) is 4.27. The standard InChI is InChI=1S/C28H30N2O4S/c1-5-8-22-24(27(33)34-6-2)25(20-13-11-19(12-14-20)17(3)4)30-26(32)23(35-28(30)29-22)16-18-9-7-10-21(31)15-18/h7,9-17,25,31H,5-6,8H2,1-4H3/b23-16-/t25-/m1/s1. The van der Waals surface area contributed by atoms with E-state index >= 15 is 0 Å². The number of esters is 1. The molecule has 0 saturated heterocycles. The van der Waals surface area contributed by atoms with E-state index in [0.717, 1.165) is 12.0 Å². The van der Waals surface area contributed by atoms with E-state index in [4.69, 9.17) is 9.73 Å². The van der Waals surface area contributed by atoms with E-state index in [2.05, 4.69) is 13.8 Å². The summed E-state index contributed by atoms with van der Waals surface area (Å²) >= 11 is 1.29. The second-order valence-corrected chi connectivity index (χ2v) is 9.84. The van der Waals surface area contributed by atoms with Crippen molar-refractivity contribution in [2.75, 3.05) is 6.61 Å². The molecule has 1 aliphatic rings. The van der Waals surface area contributed by atoms with Gasteiger partial charge >= 0.3 is 5.97 Å². The molecule has 35 heavy (non-hydrogen) atoms. The summed E-state index contributed by atoms with van der Waals surface area (Å²) in [7, 11) is 0. The van der Waals surface area contributed by atoms with Gasteiger partial charge in [-0.25, -0.2) is 9.79 Å². The molecule has 0 aliphatic carbocycles. The summed E-state index contributed by atoms with van der Waals surface area (Å²) in [5.74, 6) is 0.0495. The average Bonchev–Trinajstić information content (AvgIpc) is 3.13. The van der Waals surface area contributed by atoms with Crippen LogP contribution in [0.1, 0.15) is 69.2 Å². The van der Waals surface area contributed by atoms with E-state index < -0.39 is 12.0 Å². The molecule has 4 rings (SSSR count). The Morgan fingerprint density at radius 1 is 1.20 bits per heavy atom. The molecule has 0 radical (unpaired) electrons. The number of allylic oxidation sites excluding steroid dienone is 1. The number of rotatable bonds is 7. The number of hydrogen-bond acceptors (Lipinski definition) is 6. The normalized spacial score (nSPS) is 15.8. The zero-order valence-corrected chi connectivity index (χ0v) is 21.3. The van der Waals surface area contributed by atoms with Gasteiger partial charge < -0.3 is 9.84 Å². The minimum absolute atomic E-state index is 0.129. The number of carbonyl (C=O) groups excluding carboxylic acids is 1. The first-order valence-corrected chi connectivity index (χ1v) is 12.8. The molecule has 3 aromatic rings. The minimum Gasteiger partial charge on any atom is -0.508 e. The average molecular weight is 491 g/mol. The van der Waals surface area contributed by atoms with Crippen LogP contribution in [0.15, 0.2) is 69.6 Å². The Morgan fingerprint density at radius 3 is 2.57 bits per heavy atom. The predicted molar refractivity (Wildman–Crippen MR) is 138 cm³/mol. The molecule has 2 heterocycles. The van der Waals surface area contributed by atoms with Gasteiger partial charge in [0.05, 0.1) is 28.5 Å². The number of benzene rings is 2. The van der Waals surface area contributed by atoms with Gasteiger partial charge in [-0.3, -0.25) is 9.36 Å². The van der Waals surface area contributed by atoms with E-state index in [1.165, 1.54) is 16.9 Å². The fraction of sp³-hybridized carbons (Fsp3) is 0.321. The van der Waals surface area contributed by atoms with E-state index in [1.54, 1.807) is 35.8 Å². The SMILES string of the molecule is CCCC1=C(C(=O)OCC)[C@@H](c2ccc(C(C)C)cc2)n2c(s/c(=C\c3cccc(O)c3)c2=O)=N1. The van der Waals surface area contributed by atoms with Crippen molar-refractivity contribution < 1.29 is 14.6 Å². The highest BCUT2D eigenvalue weighted by Gasteiger charge is 2.34. The maximum Gasteiger partial charge on any atom is 0.338 e. The first-order valence-electron chi connectivity index (χ1n) is 11.9. The van der Waals surface area contributed by atoms with Crippen LogP contribution in [0, 0.1) is 0 Å². The molecule has 1 aliphatic heterocycles. The minimum atomic E-state index is -0.626. The first kappa shape index (κ1) is 24.7. The van der Waals surface area contributed by atoms with Crippen molar-refractivity contribution in [2.24, 2.45) is 4.99 Å². The van der Waals surface area contributed by atoms with Crippen molar-refractivity contribution in [1.29, 1.82) is 0 Å². The third-order valence-corrected chi connectivity index (χ3v) is 6.96. The molecule has 182 valence electrons. The predicted octanol–water partition coefficient (Wildman–Crippen LogP) is 4.41. The van der Waals surface area contributed by atoms with Crippen LogP contribution in [-0.4, -0.2) is 22.2 Å². The molecular formula is C28H30N2O4S. The van der Waals surface area contributed by atoms with E-state index in [0.29, 0.717) is 38.5 Å². The summed E-state index contributed by atoms with van der Waals surface area (Å²) in [5.41, 5.74) is 3.58. The number of aromatic nitrogens is 1. The number of thiazole rings is 1. The summed E-state index contributed by atoms with van der Waals surface area (Å²) in [5, 5.41) is 9.84. The number of aromatic hydroxyl groups is 1. The molecule has 0 saturated carbocycles. The van der Waals surface area contributed by atoms with Crippen LogP contribution in [0.4, 0.5) is 0 Å². The van der Waals surface area contributed by atoms with Crippen LogP contribution in [0.2, 0.25) is 0 Å². The number of fused-ring (bicyclic) bond motifs is 1. The second-order valence-electron chi connectivity index (χ2n) is 8.83. The Kier molecular flexibility index (Phi) is 7.36. The number of phenolic OH excluding ortho intramolecular Hbond substituents is 1. The first-order chi connectivity index (χ1) is 16.8. The monoisotopic (exact) mass is 490 g/mol. The zero-order valence-electron chi connectivity index (χ0n) is 20.4. The van der Waals surface area contributed by atoms with Crippen molar-refractivity contribution in [3.05, 3.63) is 96.2 Å². The maximum absolute atomic E-state index is 13.7. The smallest absolute Gasteiger partial charge is 0.338 e. The van der Waals surface area contributed by atoms with Gasteiger partial charge in [0.2, 0.25) is 0 Å². The lowest BCUT2D eigenvalue weighted by Gasteiger charge is -2.26. The van der Waals surface area contributed by atoms with E-state index in [9.17, 15) is 14.7 Å². The topological polar surface area (TPSA) is 80.9 Å². The fourth-order valence-corrected chi connectivity index (χ4v) is 5.29. The molecule has 2 aromatic carbocycles. The number of carbonyl (C=O) groups is 1. The van der Waals surface area contributed by atoms with Crippen molar-refractivity contribution >= 4 is 23.4 Å². The number of ether oxygens (including phenoxy) is 1. The van der Waals surface area contributed by atoms with Crippen LogP contribution >= 0.6 is 11.3 Å². The molecule has 0 amide bonds. The molecule has 0 spiro atoms. The van der Waals surface area contributed by atoms with Gasteiger partial charge in [-0.05, 0) is 54.2 Å². The molecule has 1 atom stereocenters. The summed E-state index contributed by atoms with van der Waals surface area (Å²) in [6.07, 6.45) is 3.15. The molecule has 7 heteroatoms. The highest BCUT2D eigenvalue weighted by atomic mass is 32.1. The zero-order chi connectivity index (χ0) is 25.1. The van der Waals surface area contributed by atoms with Crippen molar-refractivity contribution in [2.45, 2.75) is 52.5 Å².